The first-order valence-electron chi connectivity index (χ1n) is 12.7. The summed E-state index contributed by atoms with van der Waals surface area (Å²) in [7, 11) is 1.70. The summed E-state index contributed by atoms with van der Waals surface area (Å²) in [5, 5.41) is 1.24. The van der Waals surface area contributed by atoms with E-state index in [0.29, 0.717) is 12.0 Å². The second-order valence-electron chi connectivity index (χ2n) is 10.4. The number of piperidine rings is 1. The molecular formula is C29H37N3O2. The lowest BCUT2D eigenvalue weighted by molar-refractivity contribution is 0.0697. The third-order valence-corrected chi connectivity index (χ3v) is 7.83. The standard InChI is InChI=1S/C29H37N3O2/c1-20(2)31-16-13-28-26(19-31)25-17-23(29(33)30-14-11-21(3)12-15-30)7-10-27(25)32(28)18-22-5-8-24(34-4)9-6-22/h5-10,17,20-21H,11-16,18-19H2,1-4H3. The maximum atomic E-state index is 13.3. The molecule has 0 spiro atoms. The van der Waals surface area contributed by atoms with Crippen LogP contribution in [0.2, 0.25) is 0 Å². The monoisotopic (exact) mass is 459 g/mol. The third kappa shape index (κ3) is 4.34. The number of carbonyl (C=O) groups excluding carboxylic acids is 1. The number of benzene rings is 2. The number of rotatable bonds is 5. The molecule has 0 aliphatic carbocycles. The van der Waals surface area contributed by atoms with Crippen molar-refractivity contribution in [3.8, 4) is 5.75 Å². The summed E-state index contributed by atoms with van der Waals surface area (Å²) in [6.07, 6.45) is 3.24. The maximum Gasteiger partial charge on any atom is 0.253 e. The Labute approximate surface area is 203 Å². The molecule has 2 aliphatic heterocycles. The van der Waals surface area contributed by atoms with Gasteiger partial charge in [-0.15, -0.1) is 0 Å². The van der Waals surface area contributed by atoms with Gasteiger partial charge in [-0.3, -0.25) is 9.69 Å². The van der Waals surface area contributed by atoms with Gasteiger partial charge >= 0.3 is 0 Å². The van der Waals surface area contributed by atoms with E-state index in [1.54, 1.807) is 7.11 Å². The molecule has 1 fully saturated rings. The molecule has 0 radical (unpaired) electrons. The summed E-state index contributed by atoms with van der Waals surface area (Å²) in [6, 6.07) is 15.3. The average Bonchev–Trinajstić information content (AvgIpc) is 3.16. The molecule has 5 rings (SSSR count). The molecule has 0 saturated carbocycles. The Bertz CT molecular complexity index is 1170. The molecule has 1 aromatic heterocycles. The fourth-order valence-electron chi connectivity index (χ4n) is 5.53. The van der Waals surface area contributed by atoms with E-state index in [1.165, 1.54) is 27.7 Å². The number of methoxy groups -OCH3 is 1. The first-order valence-corrected chi connectivity index (χ1v) is 12.7. The normalized spacial score (nSPS) is 17.4. The Morgan fingerprint density at radius 3 is 2.47 bits per heavy atom. The van der Waals surface area contributed by atoms with Gasteiger partial charge in [0.15, 0.2) is 0 Å². The van der Waals surface area contributed by atoms with Crippen LogP contribution < -0.4 is 4.74 Å². The van der Waals surface area contributed by atoms with Gasteiger partial charge < -0.3 is 14.2 Å². The van der Waals surface area contributed by atoms with Gasteiger partial charge in [0.05, 0.1) is 7.11 Å². The number of amides is 1. The van der Waals surface area contributed by atoms with Crippen LogP contribution in [0.3, 0.4) is 0 Å². The minimum Gasteiger partial charge on any atom is -0.497 e. The van der Waals surface area contributed by atoms with E-state index >= 15 is 0 Å². The van der Waals surface area contributed by atoms with Crippen molar-refractivity contribution < 1.29 is 9.53 Å². The van der Waals surface area contributed by atoms with Gasteiger partial charge in [0.1, 0.15) is 5.75 Å². The highest BCUT2D eigenvalue weighted by molar-refractivity contribution is 5.99. The summed E-state index contributed by atoms with van der Waals surface area (Å²) < 4.78 is 7.82. The molecule has 1 amide bonds. The van der Waals surface area contributed by atoms with Gasteiger partial charge in [-0.05, 0) is 74.1 Å². The molecule has 0 unspecified atom stereocenters. The van der Waals surface area contributed by atoms with Crippen molar-refractivity contribution in [1.29, 1.82) is 0 Å². The van der Waals surface area contributed by atoms with Crippen molar-refractivity contribution in [2.75, 3.05) is 26.7 Å². The summed E-state index contributed by atoms with van der Waals surface area (Å²) in [6.45, 7) is 11.4. The Kier molecular flexibility index (Phi) is 6.39. The number of carbonyl (C=O) groups is 1. The lowest BCUT2D eigenvalue weighted by Gasteiger charge is -2.31. The van der Waals surface area contributed by atoms with Gasteiger partial charge in [-0.1, -0.05) is 19.1 Å². The fraction of sp³-hybridized carbons (Fsp3) is 0.483. The summed E-state index contributed by atoms with van der Waals surface area (Å²) >= 11 is 0. The number of aromatic nitrogens is 1. The summed E-state index contributed by atoms with van der Waals surface area (Å²) in [5.74, 6) is 1.78. The summed E-state index contributed by atoms with van der Waals surface area (Å²) in [4.78, 5) is 17.9. The summed E-state index contributed by atoms with van der Waals surface area (Å²) in [5.41, 5.74) is 6.13. The van der Waals surface area contributed by atoms with E-state index in [2.05, 4.69) is 54.5 Å². The largest absolute Gasteiger partial charge is 0.497 e. The quantitative estimate of drug-likeness (QED) is 0.517. The molecule has 0 bridgehead atoms. The zero-order valence-electron chi connectivity index (χ0n) is 21.0. The highest BCUT2D eigenvalue weighted by atomic mass is 16.5. The van der Waals surface area contributed by atoms with E-state index in [1.807, 2.05) is 23.1 Å². The topological polar surface area (TPSA) is 37.7 Å². The van der Waals surface area contributed by atoms with E-state index in [-0.39, 0.29) is 5.91 Å². The molecule has 2 aromatic carbocycles. The first kappa shape index (κ1) is 23.0. The highest BCUT2D eigenvalue weighted by Gasteiger charge is 2.27. The molecule has 5 nitrogen and oxygen atoms in total. The van der Waals surface area contributed by atoms with Gasteiger partial charge in [-0.2, -0.15) is 0 Å². The number of nitrogens with zero attached hydrogens (tertiary/aromatic N) is 3. The molecule has 3 aromatic rings. The Hall–Kier alpha value is -2.79. The Morgan fingerprint density at radius 1 is 1.06 bits per heavy atom. The van der Waals surface area contributed by atoms with Gasteiger partial charge in [-0.25, -0.2) is 0 Å². The Morgan fingerprint density at radius 2 is 1.79 bits per heavy atom. The van der Waals surface area contributed by atoms with Crippen molar-refractivity contribution in [1.82, 2.24) is 14.4 Å². The molecule has 1 saturated heterocycles. The molecule has 3 heterocycles. The lowest BCUT2D eigenvalue weighted by atomic mass is 9.98. The maximum absolute atomic E-state index is 13.3. The van der Waals surface area contributed by atoms with E-state index in [9.17, 15) is 4.79 Å². The lowest BCUT2D eigenvalue weighted by Crippen LogP contribution is -2.37. The van der Waals surface area contributed by atoms with Crippen molar-refractivity contribution in [2.45, 2.75) is 59.2 Å². The van der Waals surface area contributed by atoms with Crippen molar-refractivity contribution in [2.24, 2.45) is 5.92 Å². The van der Waals surface area contributed by atoms with Crippen LogP contribution in [-0.4, -0.2) is 53.1 Å². The average molecular weight is 460 g/mol. The minimum absolute atomic E-state index is 0.182. The van der Waals surface area contributed by atoms with Gasteiger partial charge in [0.25, 0.3) is 5.91 Å². The molecule has 0 N–H and O–H groups in total. The molecule has 180 valence electrons. The van der Waals surface area contributed by atoms with E-state index in [0.717, 1.165) is 63.3 Å². The van der Waals surface area contributed by atoms with Crippen LogP contribution in [0.1, 0.15) is 60.8 Å². The van der Waals surface area contributed by atoms with Crippen LogP contribution >= 0.6 is 0 Å². The third-order valence-electron chi connectivity index (χ3n) is 7.83. The molecule has 5 heteroatoms. The SMILES string of the molecule is COc1ccc(Cn2c3c(c4cc(C(=O)N5CCC(C)CC5)ccc42)CN(C(C)C)CC3)cc1. The van der Waals surface area contributed by atoms with Crippen LogP contribution in [0.15, 0.2) is 42.5 Å². The smallest absolute Gasteiger partial charge is 0.253 e. The number of fused-ring (bicyclic) bond motifs is 3. The van der Waals surface area contributed by atoms with Crippen LogP contribution in [0.25, 0.3) is 10.9 Å². The second-order valence-corrected chi connectivity index (χ2v) is 10.4. The van der Waals surface area contributed by atoms with Crippen LogP contribution in [0.5, 0.6) is 5.75 Å². The van der Waals surface area contributed by atoms with Gasteiger partial charge in [0, 0.05) is 67.3 Å². The zero-order chi connectivity index (χ0) is 23.8. The molecular weight excluding hydrogens is 422 g/mol. The van der Waals surface area contributed by atoms with Crippen molar-refractivity contribution in [3.63, 3.8) is 0 Å². The predicted octanol–water partition coefficient (Wildman–Crippen LogP) is 5.34. The van der Waals surface area contributed by atoms with Crippen LogP contribution in [-0.2, 0) is 19.5 Å². The molecule has 2 aliphatic rings. The second kappa shape index (κ2) is 9.46. The van der Waals surface area contributed by atoms with E-state index < -0.39 is 0 Å². The predicted molar refractivity (Wildman–Crippen MR) is 138 cm³/mol. The highest BCUT2D eigenvalue weighted by Crippen LogP contribution is 2.34. The van der Waals surface area contributed by atoms with Crippen molar-refractivity contribution >= 4 is 16.8 Å². The van der Waals surface area contributed by atoms with Gasteiger partial charge in [0.2, 0.25) is 0 Å². The Balaban J connectivity index is 1.53. The number of ether oxygens (including phenoxy) is 1. The molecule has 0 atom stereocenters. The number of hydrogen-bond donors (Lipinski definition) is 0. The van der Waals surface area contributed by atoms with E-state index in [4.69, 9.17) is 4.74 Å². The minimum atomic E-state index is 0.182. The first-order chi connectivity index (χ1) is 16.4. The van der Waals surface area contributed by atoms with Crippen LogP contribution in [0, 0.1) is 5.92 Å². The van der Waals surface area contributed by atoms with Crippen molar-refractivity contribution in [3.05, 3.63) is 64.8 Å². The number of likely N-dealkylation sites (tertiary alicyclic amines) is 1. The van der Waals surface area contributed by atoms with Crippen LogP contribution in [0.4, 0.5) is 0 Å². The molecule has 34 heavy (non-hydrogen) atoms. The number of hydrogen-bond acceptors (Lipinski definition) is 3. The zero-order valence-corrected chi connectivity index (χ0v) is 21.0. The fourth-order valence-corrected chi connectivity index (χ4v) is 5.53.